The Morgan fingerprint density at radius 1 is 1.03 bits per heavy atom. The second-order valence-corrected chi connectivity index (χ2v) is 10.0. The summed E-state index contributed by atoms with van der Waals surface area (Å²) in [5.41, 5.74) is 1.48. The number of ether oxygens (including phenoxy) is 2. The number of anilines is 1. The van der Waals surface area contributed by atoms with Gasteiger partial charge in [0.05, 0.1) is 32.2 Å². The Morgan fingerprint density at radius 3 is 2.25 bits per heavy atom. The van der Waals surface area contributed by atoms with Crippen molar-refractivity contribution in [2.24, 2.45) is 5.92 Å². The van der Waals surface area contributed by atoms with Crippen LogP contribution in [0.15, 0.2) is 48.5 Å². The Bertz CT molecular complexity index is 974. The van der Waals surface area contributed by atoms with Gasteiger partial charge in [-0.2, -0.15) is 0 Å². The second kappa shape index (κ2) is 11.8. The Hall–Kier alpha value is -2.74. The standard InChI is InChI=1S/C24H34N2O5S/c1-18(2)17-21(19-12-14-20(30-3)15-13-19)25-24(27)11-8-16-26(32(5,28)29)22-9-6-7-10-23(22)31-4/h6-7,9-10,12-15,18,21H,8,11,16-17H2,1-5H3,(H,25,27)/t21-/m1/s1. The molecule has 0 spiro atoms. The quantitative estimate of drug-likeness (QED) is 0.512. The lowest BCUT2D eigenvalue weighted by atomic mass is 9.96. The van der Waals surface area contributed by atoms with Crippen molar-refractivity contribution >= 4 is 21.6 Å². The molecule has 0 bridgehead atoms. The van der Waals surface area contributed by atoms with Crippen LogP contribution in [-0.2, 0) is 14.8 Å². The van der Waals surface area contributed by atoms with E-state index in [1.807, 2.05) is 24.3 Å². The van der Waals surface area contributed by atoms with Crippen LogP contribution in [0, 0.1) is 5.92 Å². The van der Waals surface area contributed by atoms with Crippen LogP contribution in [0.1, 0.15) is 44.7 Å². The molecule has 1 atom stereocenters. The van der Waals surface area contributed by atoms with Gasteiger partial charge in [-0.1, -0.05) is 38.1 Å². The summed E-state index contributed by atoms with van der Waals surface area (Å²) in [6.45, 7) is 4.41. The van der Waals surface area contributed by atoms with Gasteiger partial charge in [-0.15, -0.1) is 0 Å². The summed E-state index contributed by atoms with van der Waals surface area (Å²) in [7, 11) is -0.408. The summed E-state index contributed by atoms with van der Waals surface area (Å²) in [5.74, 6) is 1.52. The van der Waals surface area contributed by atoms with Gasteiger partial charge in [-0.3, -0.25) is 9.10 Å². The van der Waals surface area contributed by atoms with Crippen molar-refractivity contribution in [3.63, 3.8) is 0 Å². The predicted octanol–water partition coefficient (Wildman–Crippen LogP) is 4.15. The van der Waals surface area contributed by atoms with Crippen LogP contribution < -0.4 is 19.1 Å². The number of sulfonamides is 1. The molecule has 32 heavy (non-hydrogen) atoms. The van der Waals surface area contributed by atoms with Gasteiger partial charge in [0.15, 0.2) is 0 Å². The van der Waals surface area contributed by atoms with Crippen molar-refractivity contribution in [1.29, 1.82) is 0 Å². The highest BCUT2D eigenvalue weighted by Crippen LogP contribution is 2.30. The molecule has 0 saturated heterocycles. The first-order valence-electron chi connectivity index (χ1n) is 10.7. The van der Waals surface area contributed by atoms with E-state index in [0.717, 1.165) is 24.0 Å². The summed E-state index contributed by atoms with van der Waals surface area (Å²) in [6, 6.07) is 14.5. The number of hydrogen-bond donors (Lipinski definition) is 1. The molecule has 2 aromatic carbocycles. The number of carbonyl (C=O) groups is 1. The van der Waals surface area contributed by atoms with Crippen LogP contribution >= 0.6 is 0 Å². The fourth-order valence-corrected chi connectivity index (χ4v) is 4.51. The van der Waals surface area contributed by atoms with Gasteiger partial charge in [-0.25, -0.2) is 8.42 Å². The van der Waals surface area contributed by atoms with Crippen LogP contribution in [0.5, 0.6) is 11.5 Å². The van der Waals surface area contributed by atoms with Gasteiger partial charge in [0, 0.05) is 13.0 Å². The first kappa shape index (κ1) is 25.5. The molecule has 0 fully saturated rings. The first-order chi connectivity index (χ1) is 15.2. The van der Waals surface area contributed by atoms with Crippen molar-refractivity contribution < 1.29 is 22.7 Å². The van der Waals surface area contributed by atoms with Gasteiger partial charge >= 0.3 is 0 Å². The van der Waals surface area contributed by atoms with Crippen LogP contribution in [-0.4, -0.2) is 41.3 Å². The number of carbonyl (C=O) groups excluding carboxylic acids is 1. The number of para-hydroxylation sites is 2. The molecule has 1 N–H and O–H groups in total. The van der Waals surface area contributed by atoms with E-state index in [-0.39, 0.29) is 24.9 Å². The van der Waals surface area contributed by atoms with E-state index in [0.29, 0.717) is 23.8 Å². The SMILES string of the molecule is COc1ccc([C@@H](CC(C)C)NC(=O)CCCN(c2ccccc2OC)S(C)(=O)=O)cc1. The van der Waals surface area contributed by atoms with Crippen LogP contribution in [0.25, 0.3) is 0 Å². The van der Waals surface area contributed by atoms with Gasteiger partial charge in [0.2, 0.25) is 15.9 Å². The molecule has 1 amide bonds. The van der Waals surface area contributed by atoms with E-state index in [4.69, 9.17) is 9.47 Å². The normalized spacial score (nSPS) is 12.3. The smallest absolute Gasteiger partial charge is 0.232 e. The molecule has 0 aliphatic rings. The highest BCUT2D eigenvalue weighted by atomic mass is 32.2. The summed E-state index contributed by atoms with van der Waals surface area (Å²) < 4.78 is 36.6. The highest BCUT2D eigenvalue weighted by Gasteiger charge is 2.22. The van der Waals surface area contributed by atoms with Crippen molar-refractivity contribution in [2.75, 3.05) is 31.3 Å². The van der Waals surface area contributed by atoms with Gasteiger partial charge in [0.1, 0.15) is 11.5 Å². The fourth-order valence-electron chi connectivity index (χ4n) is 3.54. The topological polar surface area (TPSA) is 84.9 Å². The lowest BCUT2D eigenvalue weighted by molar-refractivity contribution is -0.122. The molecule has 176 valence electrons. The largest absolute Gasteiger partial charge is 0.497 e. The molecule has 7 nitrogen and oxygen atoms in total. The molecule has 2 aromatic rings. The summed E-state index contributed by atoms with van der Waals surface area (Å²) in [6.07, 6.45) is 2.55. The molecule has 2 rings (SSSR count). The van der Waals surface area contributed by atoms with E-state index in [1.165, 1.54) is 11.4 Å². The van der Waals surface area contributed by atoms with E-state index in [2.05, 4.69) is 19.2 Å². The zero-order valence-corrected chi connectivity index (χ0v) is 20.3. The highest BCUT2D eigenvalue weighted by molar-refractivity contribution is 7.92. The molecule has 0 unspecified atom stereocenters. The molecule has 0 aromatic heterocycles. The number of amides is 1. The maximum Gasteiger partial charge on any atom is 0.232 e. The van der Waals surface area contributed by atoms with Crippen molar-refractivity contribution in [3.8, 4) is 11.5 Å². The van der Waals surface area contributed by atoms with Crippen LogP contribution in [0.3, 0.4) is 0 Å². The predicted molar refractivity (Wildman–Crippen MR) is 128 cm³/mol. The molecule has 0 aliphatic heterocycles. The molecule has 0 radical (unpaired) electrons. The summed E-state index contributed by atoms with van der Waals surface area (Å²) >= 11 is 0. The Kier molecular flexibility index (Phi) is 9.38. The molecule has 0 heterocycles. The van der Waals surface area contributed by atoms with Crippen molar-refractivity contribution in [1.82, 2.24) is 5.32 Å². The average Bonchev–Trinajstić information content (AvgIpc) is 2.75. The average molecular weight is 463 g/mol. The minimum Gasteiger partial charge on any atom is -0.497 e. The van der Waals surface area contributed by atoms with Crippen molar-refractivity contribution in [2.45, 2.75) is 39.2 Å². The van der Waals surface area contributed by atoms with Crippen LogP contribution in [0.2, 0.25) is 0 Å². The fraction of sp³-hybridized carbons (Fsp3) is 0.458. The number of nitrogens with one attached hydrogen (secondary N) is 1. The van der Waals surface area contributed by atoms with E-state index in [1.54, 1.807) is 31.4 Å². The van der Waals surface area contributed by atoms with Gasteiger partial charge in [-0.05, 0) is 48.6 Å². The van der Waals surface area contributed by atoms with Crippen LogP contribution in [0.4, 0.5) is 5.69 Å². The monoisotopic (exact) mass is 462 g/mol. The lowest BCUT2D eigenvalue weighted by Gasteiger charge is -2.25. The van der Waals surface area contributed by atoms with Gasteiger partial charge < -0.3 is 14.8 Å². The Labute approximate surface area is 191 Å². The second-order valence-electron chi connectivity index (χ2n) is 8.13. The van der Waals surface area contributed by atoms with E-state index in [9.17, 15) is 13.2 Å². The Balaban J connectivity index is 2.04. The number of methoxy groups -OCH3 is 2. The van der Waals surface area contributed by atoms with E-state index < -0.39 is 10.0 Å². The molecular formula is C24H34N2O5S. The minimum atomic E-state index is -3.53. The van der Waals surface area contributed by atoms with E-state index >= 15 is 0 Å². The summed E-state index contributed by atoms with van der Waals surface area (Å²) in [5, 5.41) is 3.10. The first-order valence-corrected chi connectivity index (χ1v) is 12.5. The Morgan fingerprint density at radius 2 is 1.69 bits per heavy atom. The lowest BCUT2D eigenvalue weighted by Crippen LogP contribution is -2.33. The number of hydrogen-bond acceptors (Lipinski definition) is 5. The minimum absolute atomic E-state index is 0.111. The third-order valence-electron chi connectivity index (χ3n) is 5.08. The summed E-state index contributed by atoms with van der Waals surface area (Å²) in [4.78, 5) is 12.7. The third-order valence-corrected chi connectivity index (χ3v) is 6.26. The third kappa shape index (κ3) is 7.44. The van der Waals surface area contributed by atoms with Crippen molar-refractivity contribution in [3.05, 3.63) is 54.1 Å². The maximum absolute atomic E-state index is 12.7. The molecule has 8 heteroatoms. The molecule has 0 aliphatic carbocycles. The molecule has 0 saturated carbocycles. The maximum atomic E-state index is 12.7. The molecular weight excluding hydrogens is 428 g/mol. The number of nitrogens with zero attached hydrogens (tertiary/aromatic N) is 1. The number of rotatable bonds is 12. The zero-order valence-electron chi connectivity index (χ0n) is 19.5. The number of benzene rings is 2. The van der Waals surface area contributed by atoms with Gasteiger partial charge in [0.25, 0.3) is 0 Å². The zero-order chi connectivity index (χ0) is 23.7.